The van der Waals surface area contributed by atoms with Crippen molar-refractivity contribution in [2.75, 3.05) is 11.5 Å². The van der Waals surface area contributed by atoms with Crippen LogP contribution in [0.3, 0.4) is 0 Å². The molecule has 1 amide bonds. The zero-order valence-electron chi connectivity index (χ0n) is 21.8. The van der Waals surface area contributed by atoms with Crippen molar-refractivity contribution in [3.63, 3.8) is 0 Å². The van der Waals surface area contributed by atoms with Crippen LogP contribution in [0.5, 0.6) is 0 Å². The van der Waals surface area contributed by atoms with Crippen LogP contribution in [0.25, 0.3) is 11.2 Å². The number of benzene rings is 1. The Labute approximate surface area is 180 Å². The first-order valence-electron chi connectivity index (χ1n) is 11.3. The largest absolute Gasteiger partial charge is 0.333 e. The molecule has 0 spiro atoms. The van der Waals surface area contributed by atoms with E-state index >= 15 is 0 Å². The summed E-state index contributed by atoms with van der Waals surface area (Å²) in [6.07, 6.45) is -3.69. The summed E-state index contributed by atoms with van der Waals surface area (Å²) in [6.45, 7) is -2.46. The van der Waals surface area contributed by atoms with Gasteiger partial charge in [0, 0.05) is 46.6 Å². The third-order valence-electron chi connectivity index (χ3n) is 4.00. The smallest absolute Gasteiger partial charge is 0.326 e. The lowest BCUT2D eigenvalue weighted by atomic mass is 10.2. The quantitative estimate of drug-likeness (QED) is 0.570. The minimum absolute atomic E-state index is 0.0344. The molecule has 0 saturated heterocycles. The highest BCUT2D eigenvalue weighted by atomic mass is 32.2. The third kappa shape index (κ3) is 3.90. The standard InChI is InChI=1S/C19H19N5O5S/c1-12(25)20-14-9-5-7-13(11-14)8-6-10-24-16-15(17(26)23(3)19(24)27)22(2)18(21-16)30(4,28)29/h5,7,9,11H,10H2,1-4H3,(H,20,25)/i2D3,4D3. The lowest BCUT2D eigenvalue weighted by Gasteiger charge is -2.05. The fourth-order valence-corrected chi connectivity index (χ4v) is 3.25. The zero-order chi connectivity index (χ0) is 27.2. The number of fused-ring (bicyclic) bond motifs is 1. The Morgan fingerprint density at radius 1 is 1.30 bits per heavy atom. The van der Waals surface area contributed by atoms with Gasteiger partial charge in [-0.15, -0.1) is 0 Å². The van der Waals surface area contributed by atoms with E-state index in [0.717, 1.165) is 11.6 Å². The molecule has 0 radical (unpaired) electrons. The van der Waals surface area contributed by atoms with E-state index < -0.39 is 57.1 Å². The number of anilines is 1. The van der Waals surface area contributed by atoms with Gasteiger partial charge in [0.15, 0.2) is 11.2 Å². The molecule has 0 atom stereocenters. The molecule has 156 valence electrons. The lowest BCUT2D eigenvalue weighted by molar-refractivity contribution is -0.114. The summed E-state index contributed by atoms with van der Waals surface area (Å²) in [6, 6.07) is 6.41. The predicted octanol–water partition coefficient (Wildman–Crippen LogP) is -0.153. The van der Waals surface area contributed by atoms with Gasteiger partial charge in [-0.3, -0.25) is 18.7 Å². The Morgan fingerprint density at radius 2 is 2.07 bits per heavy atom. The van der Waals surface area contributed by atoms with Crippen LogP contribution in [-0.2, 0) is 35.2 Å². The number of carbonyl (C=O) groups is 1. The number of nitrogens with one attached hydrogen (secondary N) is 1. The molecule has 0 bridgehead atoms. The van der Waals surface area contributed by atoms with Crippen molar-refractivity contribution in [2.45, 2.75) is 18.6 Å². The van der Waals surface area contributed by atoms with E-state index in [-0.39, 0.29) is 10.5 Å². The third-order valence-corrected chi connectivity index (χ3v) is 4.76. The molecule has 30 heavy (non-hydrogen) atoms. The molecule has 11 heteroatoms. The van der Waals surface area contributed by atoms with E-state index in [1.165, 1.54) is 6.92 Å². The summed E-state index contributed by atoms with van der Waals surface area (Å²) >= 11 is 0. The number of hydrogen-bond donors (Lipinski definition) is 1. The maximum Gasteiger partial charge on any atom is 0.333 e. The normalized spacial score (nSPS) is 15.0. The highest BCUT2D eigenvalue weighted by molar-refractivity contribution is 7.90. The molecule has 2 heterocycles. The van der Waals surface area contributed by atoms with Crippen molar-refractivity contribution in [3.05, 3.63) is 50.7 Å². The van der Waals surface area contributed by atoms with Crippen LogP contribution in [0.15, 0.2) is 39.0 Å². The van der Waals surface area contributed by atoms with Gasteiger partial charge < -0.3 is 9.88 Å². The van der Waals surface area contributed by atoms with Gasteiger partial charge in [0.25, 0.3) is 5.56 Å². The van der Waals surface area contributed by atoms with Gasteiger partial charge in [0.05, 0.1) is 6.54 Å². The number of carbonyl (C=O) groups excluding carboxylic acids is 1. The second-order valence-corrected chi connectivity index (χ2v) is 7.57. The lowest BCUT2D eigenvalue weighted by Crippen LogP contribution is -2.38. The molecule has 1 aromatic carbocycles. The maximum absolute atomic E-state index is 12.8. The average Bonchev–Trinajstić information content (AvgIpc) is 3.15. The van der Waals surface area contributed by atoms with Crippen molar-refractivity contribution >= 4 is 32.6 Å². The van der Waals surface area contributed by atoms with Crippen LogP contribution in [0.4, 0.5) is 5.69 Å². The molecule has 0 aliphatic carbocycles. The Balaban J connectivity index is 2.28. The van der Waals surface area contributed by atoms with Crippen LogP contribution in [0.2, 0.25) is 0 Å². The monoisotopic (exact) mass is 435 g/mol. The average molecular weight is 435 g/mol. The summed E-state index contributed by atoms with van der Waals surface area (Å²) < 4.78 is 71.7. The van der Waals surface area contributed by atoms with Gasteiger partial charge in [-0.1, -0.05) is 17.9 Å². The molecule has 1 N–H and O–H groups in total. The van der Waals surface area contributed by atoms with Crippen LogP contribution in [0.1, 0.15) is 20.7 Å². The number of sulfone groups is 1. The van der Waals surface area contributed by atoms with E-state index in [1.54, 1.807) is 24.3 Å². The van der Waals surface area contributed by atoms with Gasteiger partial charge in [-0.25, -0.2) is 13.2 Å². The molecular formula is C19H19N5O5S. The predicted molar refractivity (Wildman–Crippen MR) is 111 cm³/mol. The highest BCUT2D eigenvalue weighted by Crippen LogP contribution is 2.14. The molecule has 3 rings (SSSR count). The van der Waals surface area contributed by atoms with Crippen LogP contribution >= 0.6 is 0 Å². The number of rotatable bonds is 3. The Hall–Kier alpha value is -3.65. The van der Waals surface area contributed by atoms with Crippen molar-refractivity contribution in [3.8, 4) is 11.8 Å². The highest BCUT2D eigenvalue weighted by Gasteiger charge is 2.23. The summed E-state index contributed by atoms with van der Waals surface area (Å²) in [7, 11) is -4.29. The van der Waals surface area contributed by atoms with Crippen LogP contribution in [0, 0.1) is 11.8 Å². The molecule has 0 saturated carbocycles. The zero-order valence-corrected chi connectivity index (χ0v) is 16.6. The van der Waals surface area contributed by atoms with Crippen molar-refractivity contribution in [2.24, 2.45) is 14.0 Å². The Morgan fingerprint density at radius 3 is 2.73 bits per heavy atom. The Bertz CT molecular complexity index is 1670. The van der Waals surface area contributed by atoms with Crippen LogP contribution in [-0.4, -0.2) is 39.2 Å². The summed E-state index contributed by atoms with van der Waals surface area (Å²) in [5.74, 6) is 5.09. The molecule has 0 fully saturated rings. The number of imidazole rings is 1. The first-order valence-corrected chi connectivity index (χ1v) is 9.79. The summed E-state index contributed by atoms with van der Waals surface area (Å²) in [4.78, 5) is 40.5. The SMILES string of the molecule is [2H]C([2H])([2H])n1c(S(=O)(=O)C([2H])([2H])[2H])nc2c1c(=O)n(C)c(=O)n2CC#Cc1cccc(NC(C)=O)c1. The fourth-order valence-electron chi connectivity index (χ4n) is 2.71. The second kappa shape index (κ2) is 7.64. The minimum Gasteiger partial charge on any atom is -0.326 e. The van der Waals surface area contributed by atoms with E-state index in [9.17, 15) is 22.8 Å². The molecular weight excluding hydrogens is 410 g/mol. The number of aromatic nitrogens is 4. The molecule has 0 aliphatic rings. The van der Waals surface area contributed by atoms with E-state index in [2.05, 4.69) is 22.1 Å². The molecule has 2 aromatic heterocycles. The van der Waals surface area contributed by atoms with E-state index in [0.29, 0.717) is 15.8 Å². The molecule has 10 nitrogen and oxygen atoms in total. The van der Waals surface area contributed by atoms with Crippen LogP contribution < -0.4 is 16.6 Å². The Kier molecular flexibility index (Phi) is 3.66. The van der Waals surface area contributed by atoms with Crippen molar-refractivity contribution in [1.82, 2.24) is 18.7 Å². The van der Waals surface area contributed by atoms with Crippen molar-refractivity contribution in [1.29, 1.82) is 0 Å². The number of nitrogens with zero attached hydrogens (tertiary/aromatic N) is 4. The molecule has 0 aliphatic heterocycles. The van der Waals surface area contributed by atoms with Gasteiger partial charge in [-0.05, 0) is 18.2 Å². The fraction of sp³-hybridized carbons (Fsp3) is 0.263. The molecule has 0 unspecified atom stereocenters. The maximum atomic E-state index is 12.8. The number of amides is 1. The minimum atomic E-state index is -5.33. The number of hydrogen-bond acceptors (Lipinski definition) is 6. The topological polar surface area (TPSA) is 125 Å². The van der Waals surface area contributed by atoms with Gasteiger partial charge in [-0.2, -0.15) is 4.98 Å². The number of aryl methyl sites for hydroxylation is 1. The van der Waals surface area contributed by atoms with Crippen molar-refractivity contribution < 1.29 is 21.4 Å². The van der Waals surface area contributed by atoms with Gasteiger partial charge in [0.1, 0.15) is 0 Å². The summed E-state index contributed by atoms with van der Waals surface area (Å²) in [5, 5.41) is 1.18. The molecule has 3 aromatic rings. The first-order chi connectivity index (χ1) is 16.5. The summed E-state index contributed by atoms with van der Waals surface area (Å²) in [5.41, 5.74) is -2.71. The van der Waals surface area contributed by atoms with Gasteiger partial charge >= 0.3 is 5.69 Å². The van der Waals surface area contributed by atoms with E-state index in [4.69, 9.17) is 8.22 Å². The van der Waals surface area contributed by atoms with Gasteiger partial charge in [0.2, 0.25) is 20.9 Å². The first kappa shape index (κ1) is 14.4. The van der Waals surface area contributed by atoms with E-state index in [1.807, 2.05) is 0 Å². The second-order valence-electron chi connectivity index (χ2n) is 6.20.